The molecule has 0 aromatic rings. The number of Topliss-reactive ketones (excluding diaryl/α,β-unsaturated/α-hetero) is 1. The topological polar surface area (TPSA) is 65.3 Å². The number of likely N-dealkylation sites (tertiary alicyclic amines) is 1. The summed E-state index contributed by atoms with van der Waals surface area (Å²) in [6.07, 6.45) is 5.37. The van der Waals surface area contributed by atoms with E-state index in [4.69, 9.17) is 5.11 Å². The van der Waals surface area contributed by atoms with Crippen LogP contribution in [0.25, 0.3) is 0 Å². The number of aliphatic imine (C=N–C) groups is 2. The number of rotatable bonds is 2. The van der Waals surface area contributed by atoms with Gasteiger partial charge >= 0.3 is 0 Å². The molecule has 1 saturated heterocycles. The first-order valence-corrected chi connectivity index (χ1v) is 6.59. The van der Waals surface area contributed by atoms with Crippen molar-refractivity contribution in [3.63, 3.8) is 0 Å². The van der Waals surface area contributed by atoms with Crippen molar-refractivity contribution < 1.29 is 9.90 Å². The van der Waals surface area contributed by atoms with Crippen molar-refractivity contribution in [1.29, 1.82) is 0 Å². The Morgan fingerprint density at radius 2 is 2.16 bits per heavy atom. The van der Waals surface area contributed by atoms with Crippen molar-refractivity contribution in [2.24, 2.45) is 15.9 Å². The summed E-state index contributed by atoms with van der Waals surface area (Å²) in [5.41, 5.74) is 3.38. The molecule has 0 unspecified atom stereocenters. The van der Waals surface area contributed by atoms with Gasteiger partial charge in [0.2, 0.25) is 0 Å². The quantitative estimate of drug-likeness (QED) is 0.748. The lowest BCUT2D eigenvalue weighted by molar-refractivity contribution is -0.111. The number of hydrogen-bond donors (Lipinski definition) is 1. The maximum atomic E-state index is 11.2. The average molecular weight is 261 g/mol. The van der Waals surface area contributed by atoms with Gasteiger partial charge in [0, 0.05) is 38.8 Å². The summed E-state index contributed by atoms with van der Waals surface area (Å²) in [6.45, 7) is 3.82. The molecule has 2 rings (SSSR count). The van der Waals surface area contributed by atoms with Crippen LogP contribution in [0.1, 0.15) is 19.8 Å². The zero-order valence-electron chi connectivity index (χ0n) is 11.2. The summed E-state index contributed by atoms with van der Waals surface area (Å²) in [6, 6.07) is 0. The Hall–Kier alpha value is -1.71. The van der Waals surface area contributed by atoms with E-state index in [1.165, 1.54) is 6.92 Å². The lowest BCUT2D eigenvalue weighted by Gasteiger charge is -2.32. The number of aliphatic hydroxyl groups is 1. The third kappa shape index (κ3) is 3.63. The third-order valence-electron chi connectivity index (χ3n) is 3.46. The van der Waals surface area contributed by atoms with Crippen LogP contribution in [-0.4, -0.2) is 53.7 Å². The largest absolute Gasteiger partial charge is 0.396 e. The average Bonchev–Trinajstić information content (AvgIpc) is 2.38. The van der Waals surface area contributed by atoms with Crippen LogP contribution < -0.4 is 0 Å². The van der Waals surface area contributed by atoms with Gasteiger partial charge in [0.05, 0.1) is 0 Å². The zero-order valence-corrected chi connectivity index (χ0v) is 11.2. The normalized spacial score (nSPS) is 20.6. The number of amidine groups is 1. The molecule has 0 radical (unpaired) electrons. The molecule has 2 aliphatic rings. The maximum absolute atomic E-state index is 11.2. The molecule has 0 amide bonds. The van der Waals surface area contributed by atoms with E-state index in [0.717, 1.165) is 31.8 Å². The summed E-state index contributed by atoms with van der Waals surface area (Å²) in [5, 5.41) is 9.13. The summed E-state index contributed by atoms with van der Waals surface area (Å²) in [7, 11) is 0. The molecule has 0 spiro atoms. The molecule has 2 aliphatic heterocycles. The molecule has 102 valence electrons. The molecule has 0 atom stereocenters. The highest BCUT2D eigenvalue weighted by Crippen LogP contribution is 2.17. The minimum Gasteiger partial charge on any atom is -0.396 e. The molecule has 5 heteroatoms. The van der Waals surface area contributed by atoms with Gasteiger partial charge in [-0.1, -0.05) is 0 Å². The lowest BCUT2D eigenvalue weighted by Crippen LogP contribution is -2.38. The molecule has 0 aliphatic carbocycles. The molecule has 5 nitrogen and oxygen atoms in total. The predicted octanol–water partition coefficient (Wildman–Crippen LogP) is 0.802. The Labute approximate surface area is 113 Å². The van der Waals surface area contributed by atoms with Gasteiger partial charge < -0.3 is 10.0 Å². The van der Waals surface area contributed by atoms with Crippen LogP contribution in [0.3, 0.4) is 0 Å². The number of carbonyl (C=O) groups excluding carboxylic acids is 1. The van der Waals surface area contributed by atoms with E-state index < -0.39 is 0 Å². The van der Waals surface area contributed by atoms with Gasteiger partial charge in [-0.3, -0.25) is 9.79 Å². The van der Waals surface area contributed by atoms with E-state index in [-0.39, 0.29) is 19.1 Å². The second kappa shape index (κ2) is 6.45. The SMILES string of the molecule is CC(=O)C1=NCN=C(N2CCC(CO)CC2)C=C=C1. The Morgan fingerprint density at radius 3 is 2.79 bits per heavy atom. The van der Waals surface area contributed by atoms with Crippen molar-refractivity contribution in [1.82, 2.24) is 4.90 Å². The molecule has 0 aromatic heterocycles. The fraction of sp³-hybridized carbons (Fsp3) is 0.571. The number of ketones is 1. The fourth-order valence-corrected chi connectivity index (χ4v) is 2.22. The smallest absolute Gasteiger partial charge is 0.178 e. The number of piperidine rings is 1. The van der Waals surface area contributed by atoms with Crippen molar-refractivity contribution >= 4 is 17.3 Å². The van der Waals surface area contributed by atoms with E-state index in [1.807, 2.05) is 0 Å². The van der Waals surface area contributed by atoms with Crippen LogP contribution in [-0.2, 0) is 4.79 Å². The van der Waals surface area contributed by atoms with Gasteiger partial charge in [-0.05, 0) is 18.8 Å². The molecule has 1 N–H and O–H groups in total. The number of hydrogen-bond acceptors (Lipinski definition) is 5. The van der Waals surface area contributed by atoms with Crippen LogP contribution in [0.2, 0.25) is 0 Å². The standard InChI is InChI=1S/C14H19N3O2/c1-11(19)13-3-2-4-14(16-10-15-13)17-7-5-12(9-18)6-8-17/h3-4,12,18H,5-10H2,1H3. The second-order valence-electron chi connectivity index (χ2n) is 4.83. The first-order valence-electron chi connectivity index (χ1n) is 6.59. The van der Waals surface area contributed by atoms with Crippen LogP contribution in [0, 0.1) is 5.92 Å². The highest BCUT2D eigenvalue weighted by Gasteiger charge is 2.20. The third-order valence-corrected chi connectivity index (χ3v) is 3.46. The van der Waals surface area contributed by atoms with Gasteiger partial charge in [-0.2, -0.15) is 0 Å². The zero-order chi connectivity index (χ0) is 13.7. The Morgan fingerprint density at radius 1 is 1.42 bits per heavy atom. The minimum atomic E-state index is -0.0664. The van der Waals surface area contributed by atoms with Crippen LogP contribution >= 0.6 is 0 Å². The number of aliphatic hydroxyl groups excluding tert-OH is 1. The number of carbonyl (C=O) groups is 1. The second-order valence-corrected chi connectivity index (χ2v) is 4.83. The van der Waals surface area contributed by atoms with E-state index >= 15 is 0 Å². The molecule has 1 fully saturated rings. The van der Waals surface area contributed by atoms with Crippen LogP contribution in [0.4, 0.5) is 0 Å². The van der Waals surface area contributed by atoms with Gasteiger partial charge in [-0.15, -0.1) is 5.73 Å². The first-order chi connectivity index (χ1) is 9.20. The van der Waals surface area contributed by atoms with Gasteiger partial charge in [0.25, 0.3) is 0 Å². The molecule has 19 heavy (non-hydrogen) atoms. The van der Waals surface area contributed by atoms with E-state index in [2.05, 4.69) is 20.6 Å². The highest BCUT2D eigenvalue weighted by molar-refractivity contribution is 6.43. The fourth-order valence-electron chi connectivity index (χ4n) is 2.22. The van der Waals surface area contributed by atoms with Crippen molar-refractivity contribution in [3.05, 3.63) is 17.9 Å². The highest BCUT2D eigenvalue weighted by atomic mass is 16.3. The monoisotopic (exact) mass is 261 g/mol. The Bertz CT molecular complexity index is 465. The van der Waals surface area contributed by atoms with Gasteiger partial charge in [-0.25, -0.2) is 4.99 Å². The van der Waals surface area contributed by atoms with E-state index in [0.29, 0.717) is 11.6 Å². The first kappa shape index (κ1) is 13.7. The molecule has 2 heterocycles. The van der Waals surface area contributed by atoms with Crippen molar-refractivity contribution in [2.45, 2.75) is 19.8 Å². The summed E-state index contributed by atoms with van der Waals surface area (Å²) >= 11 is 0. The van der Waals surface area contributed by atoms with Gasteiger partial charge in [0.15, 0.2) is 5.78 Å². The van der Waals surface area contributed by atoms with Crippen molar-refractivity contribution in [2.75, 3.05) is 26.4 Å². The lowest BCUT2D eigenvalue weighted by atomic mass is 9.98. The van der Waals surface area contributed by atoms with Crippen LogP contribution in [0.5, 0.6) is 0 Å². The van der Waals surface area contributed by atoms with E-state index in [9.17, 15) is 4.79 Å². The Balaban J connectivity index is 2.02. The summed E-state index contributed by atoms with van der Waals surface area (Å²) in [5.74, 6) is 1.20. The predicted molar refractivity (Wildman–Crippen MR) is 74.5 cm³/mol. The van der Waals surface area contributed by atoms with Gasteiger partial charge in [0.1, 0.15) is 18.2 Å². The Kier molecular flexibility index (Phi) is 4.66. The molecule has 0 aromatic carbocycles. The molecular formula is C14H19N3O2. The van der Waals surface area contributed by atoms with Crippen LogP contribution in [0.15, 0.2) is 27.9 Å². The summed E-state index contributed by atoms with van der Waals surface area (Å²) in [4.78, 5) is 21.9. The molecule has 0 saturated carbocycles. The molecule has 0 bridgehead atoms. The molecular weight excluding hydrogens is 242 g/mol. The number of nitrogens with zero attached hydrogens (tertiary/aromatic N) is 3. The van der Waals surface area contributed by atoms with E-state index in [1.54, 1.807) is 12.2 Å². The summed E-state index contributed by atoms with van der Waals surface area (Å²) < 4.78 is 0. The van der Waals surface area contributed by atoms with Crippen molar-refractivity contribution in [3.8, 4) is 0 Å². The maximum Gasteiger partial charge on any atom is 0.178 e. The minimum absolute atomic E-state index is 0.0664.